The zero-order chi connectivity index (χ0) is 6.74. The van der Waals surface area contributed by atoms with Crippen molar-refractivity contribution in [2.45, 2.75) is 12.6 Å². The fourth-order valence-electron chi connectivity index (χ4n) is 0.580. The Morgan fingerprint density at radius 2 is 2.44 bits per heavy atom. The molecule has 9 heavy (non-hydrogen) atoms. The van der Waals surface area contributed by atoms with Gasteiger partial charge in [-0.2, -0.15) is 0 Å². The maximum Gasteiger partial charge on any atom is 0.171 e. The predicted molar refractivity (Wildman–Crippen MR) is 36.2 cm³/mol. The largest absolute Gasteiger partial charge is 0.358 e. The van der Waals surface area contributed by atoms with Gasteiger partial charge in [0.2, 0.25) is 0 Å². The highest BCUT2D eigenvalue weighted by atomic mass is 16.5. The van der Waals surface area contributed by atoms with Gasteiger partial charge in [-0.1, -0.05) is 0 Å². The smallest absolute Gasteiger partial charge is 0.171 e. The Morgan fingerprint density at radius 1 is 1.67 bits per heavy atom. The predicted octanol–water partition coefficient (Wildman–Crippen LogP) is 0.494. The van der Waals surface area contributed by atoms with Crippen molar-refractivity contribution in [3.05, 3.63) is 12.4 Å². The van der Waals surface area contributed by atoms with Crippen LogP contribution < -0.4 is 5.32 Å². The van der Waals surface area contributed by atoms with Gasteiger partial charge in [0.05, 0.1) is 6.21 Å². The summed E-state index contributed by atoms with van der Waals surface area (Å²) in [5.74, 6) is 0. The van der Waals surface area contributed by atoms with Crippen molar-refractivity contribution in [3.63, 3.8) is 0 Å². The van der Waals surface area contributed by atoms with Gasteiger partial charge in [-0.3, -0.25) is 4.99 Å². The topological polar surface area (TPSA) is 33.6 Å². The molecule has 0 amide bonds. The maximum atomic E-state index is 5.07. The number of ether oxygens (including phenoxy) is 1. The van der Waals surface area contributed by atoms with Crippen LogP contribution in [0, 0.1) is 0 Å². The molecule has 50 valence electrons. The molecule has 1 aliphatic rings. The number of methoxy groups -OCH3 is 1. The summed E-state index contributed by atoms with van der Waals surface area (Å²) in [7, 11) is 1.64. The summed E-state index contributed by atoms with van der Waals surface area (Å²) in [5.41, 5.74) is -0.408. The van der Waals surface area contributed by atoms with Crippen LogP contribution in [-0.4, -0.2) is 19.0 Å². The first-order valence-corrected chi connectivity index (χ1v) is 2.79. The van der Waals surface area contributed by atoms with Gasteiger partial charge in [0.1, 0.15) is 0 Å². The molecule has 3 heteroatoms. The first-order chi connectivity index (χ1) is 4.27. The van der Waals surface area contributed by atoms with Crippen molar-refractivity contribution in [1.29, 1.82) is 0 Å². The molecule has 0 saturated carbocycles. The molecular weight excluding hydrogens is 116 g/mol. The maximum absolute atomic E-state index is 5.07. The molecule has 0 aromatic carbocycles. The first kappa shape index (κ1) is 6.29. The third-order valence-electron chi connectivity index (χ3n) is 1.28. The summed E-state index contributed by atoms with van der Waals surface area (Å²) >= 11 is 0. The lowest BCUT2D eigenvalue weighted by molar-refractivity contribution is 0.0517. The quantitative estimate of drug-likeness (QED) is 0.555. The Kier molecular flexibility index (Phi) is 1.53. The van der Waals surface area contributed by atoms with Crippen molar-refractivity contribution in [3.8, 4) is 0 Å². The standard InChI is InChI=1S/C6H10N2O/c1-6(9-2)5-7-3-4-8-6/h3-5,8H,1-2H3. The third-order valence-corrected chi connectivity index (χ3v) is 1.28. The van der Waals surface area contributed by atoms with Crippen LogP contribution in [0.1, 0.15) is 6.92 Å². The second kappa shape index (κ2) is 2.19. The lowest BCUT2D eigenvalue weighted by Crippen LogP contribution is -2.43. The molecule has 0 aromatic heterocycles. The van der Waals surface area contributed by atoms with Gasteiger partial charge < -0.3 is 10.1 Å². The van der Waals surface area contributed by atoms with Crippen LogP contribution in [0.25, 0.3) is 0 Å². The molecule has 0 aromatic rings. The summed E-state index contributed by atoms with van der Waals surface area (Å²) in [6, 6.07) is 0. The molecule has 1 heterocycles. The van der Waals surface area contributed by atoms with Crippen LogP contribution >= 0.6 is 0 Å². The Hall–Kier alpha value is -0.830. The lowest BCUT2D eigenvalue weighted by Gasteiger charge is -2.25. The van der Waals surface area contributed by atoms with E-state index in [0.717, 1.165) is 0 Å². The SMILES string of the molecule is COC1(C)C=NC=CN1. The normalized spacial score (nSPS) is 32.2. The van der Waals surface area contributed by atoms with Gasteiger partial charge in [0.25, 0.3) is 0 Å². The van der Waals surface area contributed by atoms with E-state index in [4.69, 9.17) is 4.74 Å². The molecule has 1 rings (SSSR count). The van der Waals surface area contributed by atoms with Gasteiger partial charge in [-0.15, -0.1) is 0 Å². The zero-order valence-electron chi connectivity index (χ0n) is 5.59. The van der Waals surface area contributed by atoms with E-state index in [1.165, 1.54) is 0 Å². The van der Waals surface area contributed by atoms with Crippen molar-refractivity contribution in [1.82, 2.24) is 5.32 Å². The first-order valence-electron chi connectivity index (χ1n) is 2.79. The molecule has 0 saturated heterocycles. The molecule has 1 unspecified atom stereocenters. The van der Waals surface area contributed by atoms with E-state index >= 15 is 0 Å². The number of hydrogen-bond donors (Lipinski definition) is 1. The van der Waals surface area contributed by atoms with Gasteiger partial charge in [-0.25, -0.2) is 0 Å². The van der Waals surface area contributed by atoms with E-state index in [-0.39, 0.29) is 0 Å². The summed E-state index contributed by atoms with van der Waals surface area (Å²) < 4.78 is 5.07. The number of aliphatic imine (C=N–C) groups is 1. The van der Waals surface area contributed by atoms with Crippen LogP contribution in [-0.2, 0) is 4.74 Å². The van der Waals surface area contributed by atoms with Crippen molar-refractivity contribution in [2.75, 3.05) is 7.11 Å². The van der Waals surface area contributed by atoms with Gasteiger partial charge in [-0.05, 0) is 6.92 Å². The molecule has 0 aliphatic carbocycles. The number of nitrogens with zero attached hydrogens (tertiary/aromatic N) is 1. The second-order valence-electron chi connectivity index (χ2n) is 2.05. The Balaban J connectivity index is 2.63. The zero-order valence-corrected chi connectivity index (χ0v) is 5.59. The second-order valence-corrected chi connectivity index (χ2v) is 2.05. The molecule has 0 bridgehead atoms. The van der Waals surface area contributed by atoms with E-state index in [1.807, 2.05) is 6.92 Å². The van der Waals surface area contributed by atoms with Gasteiger partial charge in [0.15, 0.2) is 5.72 Å². The van der Waals surface area contributed by atoms with Crippen LogP contribution in [0.2, 0.25) is 0 Å². The summed E-state index contributed by atoms with van der Waals surface area (Å²) in [6.45, 7) is 1.90. The van der Waals surface area contributed by atoms with Gasteiger partial charge >= 0.3 is 0 Å². The number of nitrogens with one attached hydrogen (secondary N) is 1. The minimum Gasteiger partial charge on any atom is -0.358 e. The summed E-state index contributed by atoms with van der Waals surface area (Å²) in [5, 5.41) is 2.99. The van der Waals surface area contributed by atoms with E-state index in [1.54, 1.807) is 25.7 Å². The van der Waals surface area contributed by atoms with Crippen molar-refractivity contribution < 1.29 is 4.74 Å². The number of hydrogen-bond acceptors (Lipinski definition) is 3. The highest BCUT2D eigenvalue weighted by Gasteiger charge is 2.18. The molecule has 3 nitrogen and oxygen atoms in total. The molecule has 0 spiro atoms. The van der Waals surface area contributed by atoms with Crippen molar-refractivity contribution >= 4 is 6.21 Å². The molecule has 0 fully saturated rings. The number of rotatable bonds is 1. The van der Waals surface area contributed by atoms with Crippen LogP contribution in [0.5, 0.6) is 0 Å². The Morgan fingerprint density at radius 3 is 2.78 bits per heavy atom. The minimum atomic E-state index is -0.408. The average molecular weight is 126 g/mol. The molecule has 1 aliphatic heterocycles. The minimum absolute atomic E-state index is 0.408. The van der Waals surface area contributed by atoms with E-state index in [2.05, 4.69) is 10.3 Å². The molecule has 0 radical (unpaired) electrons. The lowest BCUT2D eigenvalue weighted by atomic mass is 10.3. The average Bonchev–Trinajstić information content (AvgIpc) is 1.90. The van der Waals surface area contributed by atoms with E-state index in [9.17, 15) is 0 Å². The van der Waals surface area contributed by atoms with Gasteiger partial charge in [0, 0.05) is 19.5 Å². The van der Waals surface area contributed by atoms with Crippen molar-refractivity contribution in [2.24, 2.45) is 4.99 Å². The Labute approximate surface area is 54.4 Å². The molecule has 1 atom stereocenters. The fraction of sp³-hybridized carbons (Fsp3) is 0.500. The fourth-order valence-corrected chi connectivity index (χ4v) is 0.580. The monoisotopic (exact) mass is 126 g/mol. The summed E-state index contributed by atoms with van der Waals surface area (Å²) in [6.07, 6.45) is 5.15. The van der Waals surface area contributed by atoms with E-state index in [0.29, 0.717) is 0 Å². The third kappa shape index (κ3) is 1.29. The van der Waals surface area contributed by atoms with Crippen LogP contribution in [0.4, 0.5) is 0 Å². The molecule has 1 N–H and O–H groups in total. The van der Waals surface area contributed by atoms with E-state index < -0.39 is 5.72 Å². The summed E-state index contributed by atoms with van der Waals surface area (Å²) in [4.78, 5) is 3.91. The Bertz CT molecular complexity index is 153. The molecular formula is C6H10N2O. The highest BCUT2D eigenvalue weighted by Crippen LogP contribution is 2.03. The highest BCUT2D eigenvalue weighted by molar-refractivity contribution is 5.69. The van der Waals surface area contributed by atoms with Crippen LogP contribution in [0.3, 0.4) is 0 Å². The van der Waals surface area contributed by atoms with Crippen LogP contribution in [0.15, 0.2) is 17.4 Å².